The summed E-state index contributed by atoms with van der Waals surface area (Å²) in [6, 6.07) is 5.04. The van der Waals surface area contributed by atoms with Gasteiger partial charge in [-0.25, -0.2) is 13.1 Å². The summed E-state index contributed by atoms with van der Waals surface area (Å²) >= 11 is 0. The highest BCUT2D eigenvalue weighted by Crippen LogP contribution is 2.40. The van der Waals surface area contributed by atoms with Gasteiger partial charge in [-0.2, -0.15) is 5.10 Å². The molecular formula is C18H24N4O3S. The molecule has 0 bridgehead atoms. The standard InChI is InChI=1S/C18H24N4O3S/c1-6-22-13(8-12(3)21-22)10-19-26(24,25)14-7-11(2)16-15(9-14)18(4,5)17(23)20-16/h7-9,19H,6,10H2,1-5H3,(H,20,23). The SMILES string of the molecule is CCn1nc(C)cc1CNS(=O)(=O)c1cc(C)c2c(c1)C(C)(C)C(=O)N2. The van der Waals surface area contributed by atoms with Gasteiger partial charge >= 0.3 is 0 Å². The van der Waals surface area contributed by atoms with Crippen LogP contribution in [-0.2, 0) is 33.3 Å². The average molecular weight is 376 g/mol. The second-order valence-corrected chi connectivity index (χ2v) is 8.93. The van der Waals surface area contributed by atoms with Gasteiger partial charge in [0.05, 0.1) is 28.2 Å². The second kappa shape index (κ2) is 6.21. The monoisotopic (exact) mass is 376 g/mol. The molecule has 1 aromatic heterocycles. The molecule has 2 N–H and O–H groups in total. The van der Waals surface area contributed by atoms with E-state index >= 15 is 0 Å². The van der Waals surface area contributed by atoms with Gasteiger partial charge in [0.1, 0.15) is 0 Å². The van der Waals surface area contributed by atoms with Crippen molar-refractivity contribution in [3.05, 3.63) is 40.7 Å². The molecule has 1 aromatic carbocycles. The average Bonchev–Trinajstić information content (AvgIpc) is 3.04. The third kappa shape index (κ3) is 3.03. The van der Waals surface area contributed by atoms with Crippen molar-refractivity contribution in [3.63, 3.8) is 0 Å². The number of aromatic nitrogens is 2. The number of nitrogens with zero attached hydrogens (tertiary/aromatic N) is 2. The smallest absolute Gasteiger partial charge is 0.240 e. The first-order valence-electron chi connectivity index (χ1n) is 8.56. The minimum atomic E-state index is -3.72. The van der Waals surface area contributed by atoms with Crippen LogP contribution < -0.4 is 10.0 Å². The van der Waals surface area contributed by atoms with Gasteiger partial charge in [0.15, 0.2) is 0 Å². The van der Waals surface area contributed by atoms with Crippen molar-refractivity contribution in [2.24, 2.45) is 0 Å². The number of benzene rings is 1. The molecule has 0 saturated heterocycles. The van der Waals surface area contributed by atoms with E-state index in [0.717, 1.165) is 17.0 Å². The number of nitrogens with one attached hydrogen (secondary N) is 2. The topological polar surface area (TPSA) is 93.1 Å². The summed E-state index contributed by atoms with van der Waals surface area (Å²) in [5.41, 5.74) is 3.04. The van der Waals surface area contributed by atoms with Gasteiger partial charge in [-0.3, -0.25) is 9.48 Å². The van der Waals surface area contributed by atoms with E-state index in [2.05, 4.69) is 15.1 Å². The lowest BCUT2D eigenvalue weighted by Gasteiger charge is -2.17. The quantitative estimate of drug-likeness (QED) is 0.837. The summed E-state index contributed by atoms with van der Waals surface area (Å²) in [6.07, 6.45) is 0. The fraction of sp³-hybridized carbons (Fsp3) is 0.444. The maximum atomic E-state index is 12.8. The lowest BCUT2D eigenvalue weighted by atomic mass is 9.85. The maximum absolute atomic E-state index is 12.8. The van der Waals surface area contributed by atoms with Crippen molar-refractivity contribution >= 4 is 21.6 Å². The Morgan fingerprint density at radius 3 is 2.58 bits per heavy atom. The fourth-order valence-electron chi connectivity index (χ4n) is 3.23. The van der Waals surface area contributed by atoms with Crippen molar-refractivity contribution in [2.45, 2.75) is 58.0 Å². The molecule has 7 nitrogen and oxygen atoms in total. The molecule has 1 amide bonds. The summed E-state index contributed by atoms with van der Waals surface area (Å²) in [7, 11) is -3.72. The van der Waals surface area contributed by atoms with Crippen LogP contribution in [0.2, 0.25) is 0 Å². The molecule has 0 fully saturated rings. The molecule has 1 aliphatic rings. The lowest BCUT2D eigenvalue weighted by molar-refractivity contribution is -0.119. The van der Waals surface area contributed by atoms with Crippen LogP contribution in [0.1, 0.15) is 43.3 Å². The van der Waals surface area contributed by atoms with Crippen molar-refractivity contribution in [1.29, 1.82) is 0 Å². The van der Waals surface area contributed by atoms with Crippen LogP contribution in [-0.4, -0.2) is 24.1 Å². The van der Waals surface area contributed by atoms with Crippen molar-refractivity contribution in [1.82, 2.24) is 14.5 Å². The van der Waals surface area contributed by atoms with E-state index in [-0.39, 0.29) is 17.3 Å². The van der Waals surface area contributed by atoms with Crippen molar-refractivity contribution < 1.29 is 13.2 Å². The third-order valence-electron chi connectivity index (χ3n) is 4.83. The number of carbonyl (C=O) groups excluding carboxylic acids is 1. The molecule has 0 spiro atoms. The number of fused-ring (bicyclic) bond motifs is 1. The lowest BCUT2D eigenvalue weighted by Crippen LogP contribution is -2.27. The summed E-state index contributed by atoms with van der Waals surface area (Å²) in [5, 5.41) is 7.17. The van der Waals surface area contributed by atoms with Gasteiger partial charge < -0.3 is 5.32 Å². The third-order valence-corrected chi connectivity index (χ3v) is 6.21. The van der Waals surface area contributed by atoms with Crippen LogP contribution in [0.4, 0.5) is 5.69 Å². The van der Waals surface area contributed by atoms with Crippen LogP contribution in [0.5, 0.6) is 0 Å². The van der Waals surface area contributed by atoms with Crippen LogP contribution in [0.25, 0.3) is 0 Å². The fourth-order valence-corrected chi connectivity index (χ4v) is 4.34. The molecule has 0 saturated carbocycles. The van der Waals surface area contributed by atoms with Gasteiger partial charge in [-0.1, -0.05) is 0 Å². The number of sulfonamides is 1. The van der Waals surface area contributed by atoms with Crippen LogP contribution in [0, 0.1) is 13.8 Å². The van der Waals surface area contributed by atoms with Crippen molar-refractivity contribution in [3.8, 4) is 0 Å². The number of anilines is 1. The van der Waals surface area contributed by atoms with E-state index in [1.54, 1.807) is 37.6 Å². The largest absolute Gasteiger partial charge is 0.325 e. The Hall–Kier alpha value is -2.19. The van der Waals surface area contributed by atoms with E-state index in [9.17, 15) is 13.2 Å². The number of hydrogen-bond acceptors (Lipinski definition) is 4. The Labute approximate surface area is 153 Å². The first-order chi connectivity index (χ1) is 12.1. The number of aryl methyl sites for hydroxylation is 3. The van der Waals surface area contributed by atoms with Gasteiger partial charge in [-0.05, 0) is 63.9 Å². The number of rotatable bonds is 5. The first kappa shape index (κ1) is 18.6. The number of amides is 1. The van der Waals surface area contributed by atoms with E-state index < -0.39 is 15.4 Å². The zero-order valence-corrected chi connectivity index (χ0v) is 16.5. The molecule has 26 heavy (non-hydrogen) atoms. The van der Waals surface area contributed by atoms with E-state index in [4.69, 9.17) is 0 Å². The molecule has 2 aromatic rings. The maximum Gasteiger partial charge on any atom is 0.240 e. The van der Waals surface area contributed by atoms with Crippen molar-refractivity contribution in [2.75, 3.05) is 5.32 Å². The highest BCUT2D eigenvalue weighted by molar-refractivity contribution is 7.89. The summed E-state index contributed by atoms with van der Waals surface area (Å²) < 4.78 is 30.0. The molecule has 0 unspecified atom stereocenters. The first-order valence-corrected chi connectivity index (χ1v) is 10.0. The Morgan fingerprint density at radius 2 is 1.92 bits per heavy atom. The molecular weight excluding hydrogens is 352 g/mol. The minimum absolute atomic E-state index is 0.125. The Morgan fingerprint density at radius 1 is 1.23 bits per heavy atom. The van der Waals surface area contributed by atoms with E-state index in [1.807, 2.05) is 19.9 Å². The molecule has 0 aliphatic carbocycles. The van der Waals surface area contributed by atoms with E-state index in [0.29, 0.717) is 17.8 Å². The normalized spacial score (nSPS) is 15.8. The van der Waals surface area contributed by atoms with Crippen LogP contribution in [0.15, 0.2) is 23.1 Å². The molecule has 8 heteroatoms. The predicted octanol–water partition coefficient (Wildman–Crippen LogP) is 2.23. The predicted molar refractivity (Wildman–Crippen MR) is 99.5 cm³/mol. The number of carbonyl (C=O) groups is 1. The Kier molecular flexibility index (Phi) is 4.44. The summed E-state index contributed by atoms with van der Waals surface area (Å²) in [4.78, 5) is 12.3. The van der Waals surface area contributed by atoms with Gasteiger partial charge in [0.25, 0.3) is 0 Å². The highest BCUT2D eigenvalue weighted by Gasteiger charge is 2.40. The molecule has 0 atom stereocenters. The number of hydrogen-bond donors (Lipinski definition) is 2. The second-order valence-electron chi connectivity index (χ2n) is 7.16. The summed E-state index contributed by atoms with van der Waals surface area (Å²) in [5.74, 6) is -0.125. The zero-order chi connectivity index (χ0) is 19.3. The highest BCUT2D eigenvalue weighted by atomic mass is 32.2. The van der Waals surface area contributed by atoms with Crippen LogP contribution in [0.3, 0.4) is 0 Å². The Balaban J connectivity index is 1.92. The van der Waals surface area contributed by atoms with Crippen LogP contribution >= 0.6 is 0 Å². The molecule has 140 valence electrons. The van der Waals surface area contributed by atoms with E-state index in [1.165, 1.54) is 0 Å². The molecule has 3 rings (SSSR count). The molecule has 2 heterocycles. The minimum Gasteiger partial charge on any atom is -0.325 e. The zero-order valence-electron chi connectivity index (χ0n) is 15.7. The summed E-state index contributed by atoms with van der Waals surface area (Å²) in [6.45, 7) is 10.0. The van der Waals surface area contributed by atoms with Gasteiger partial charge in [0.2, 0.25) is 15.9 Å². The molecule has 1 aliphatic heterocycles. The van der Waals surface area contributed by atoms with Gasteiger partial charge in [0, 0.05) is 12.2 Å². The van der Waals surface area contributed by atoms with Gasteiger partial charge in [-0.15, -0.1) is 0 Å². The molecule has 0 radical (unpaired) electrons. The Bertz CT molecular complexity index is 990.